The summed E-state index contributed by atoms with van der Waals surface area (Å²) in [7, 11) is 3.06. The average Bonchev–Trinajstić information content (AvgIpc) is 2.28. The second kappa shape index (κ2) is 5.21. The van der Waals surface area contributed by atoms with Crippen molar-refractivity contribution >= 4 is 12.0 Å². The van der Waals surface area contributed by atoms with E-state index in [0.29, 0.717) is 17.1 Å². The molecular formula is C12H14O4. The van der Waals surface area contributed by atoms with E-state index in [1.807, 2.05) is 0 Å². The Balaban J connectivity index is 3.23. The fourth-order valence-corrected chi connectivity index (χ4v) is 1.32. The number of carboxylic acid groups (broad SMARTS) is 1. The van der Waals surface area contributed by atoms with E-state index < -0.39 is 5.97 Å². The summed E-state index contributed by atoms with van der Waals surface area (Å²) < 4.78 is 10.3. The highest BCUT2D eigenvalue weighted by Gasteiger charge is 2.09. The quantitative estimate of drug-likeness (QED) is 0.793. The van der Waals surface area contributed by atoms with Gasteiger partial charge in [0.2, 0.25) is 0 Å². The number of rotatable bonds is 4. The minimum Gasteiger partial charge on any atom is -0.493 e. The molecule has 0 aliphatic carbocycles. The van der Waals surface area contributed by atoms with Crippen molar-refractivity contribution in [3.8, 4) is 11.5 Å². The molecule has 4 heteroatoms. The molecular weight excluding hydrogens is 208 g/mol. The first kappa shape index (κ1) is 12.1. The van der Waals surface area contributed by atoms with Gasteiger partial charge in [-0.15, -0.1) is 0 Å². The number of para-hydroxylation sites is 1. The van der Waals surface area contributed by atoms with Crippen LogP contribution in [0.2, 0.25) is 0 Å². The molecule has 0 radical (unpaired) electrons. The van der Waals surface area contributed by atoms with Crippen LogP contribution in [0.5, 0.6) is 11.5 Å². The van der Waals surface area contributed by atoms with Crippen LogP contribution in [0.25, 0.3) is 6.08 Å². The zero-order valence-electron chi connectivity index (χ0n) is 9.48. The normalized spacial score (nSPS) is 11.1. The van der Waals surface area contributed by atoms with Crippen LogP contribution in [0, 0.1) is 0 Å². The lowest BCUT2D eigenvalue weighted by molar-refractivity contribution is -0.132. The van der Waals surface area contributed by atoms with Crippen molar-refractivity contribution in [2.45, 2.75) is 6.92 Å². The van der Waals surface area contributed by atoms with Crippen molar-refractivity contribution in [2.24, 2.45) is 0 Å². The molecule has 0 saturated carbocycles. The highest BCUT2D eigenvalue weighted by molar-refractivity contribution is 5.92. The lowest BCUT2D eigenvalue weighted by Gasteiger charge is -2.10. The highest BCUT2D eigenvalue weighted by Crippen LogP contribution is 2.31. The number of hydrogen-bond donors (Lipinski definition) is 1. The van der Waals surface area contributed by atoms with E-state index in [1.165, 1.54) is 21.1 Å². The summed E-state index contributed by atoms with van der Waals surface area (Å²) >= 11 is 0. The summed E-state index contributed by atoms with van der Waals surface area (Å²) in [6.07, 6.45) is 1.55. The van der Waals surface area contributed by atoms with Crippen molar-refractivity contribution in [3.63, 3.8) is 0 Å². The van der Waals surface area contributed by atoms with Crippen molar-refractivity contribution in [2.75, 3.05) is 14.2 Å². The first-order valence-corrected chi connectivity index (χ1v) is 4.72. The number of benzene rings is 1. The molecule has 0 bridgehead atoms. The van der Waals surface area contributed by atoms with E-state index in [4.69, 9.17) is 14.6 Å². The molecule has 0 aliphatic rings. The summed E-state index contributed by atoms with van der Waals surface area (Å²) in [5.41, 5.74) is 0.924. The van der Waals surface area contributed by atoms with Crippen LogP contribution in [0.15, 0.2) is 23.8 Å². The molecule has 0 unspecified atom stereocenters. The predicted molar refractivity (Wildman–Crippen MR) is 60.8 cm³/mol. The largest absolute Gasteiger partial charge is 0.493 e. The molecule has 16 heavy (non-hydrogen) atoms. The third-order valence-corrected chi connectivity index (χ3v) is 2.14. The number of aliphatic carboxylic acids is 1. The van der Waals surface area contributed by atoms with Gasteiger partial charge < -0.3 is 14.6 Å². The molecule has 86 valence electrons. The van der Waals surface area contributed by atoms with Gasteiger partial charge in [-0.2, -0.15) is 0 Å². The molecule has 0 heterocycles. The molecule has 0 amide bonds. The minimum absolute atomic E-state index is 0.242. The maximum Gasteiger partial charge on any atom is 0.331 e. The smallest absolute Gasteiger partial charge is 0.331 e. The lowest BCUT2D eigenvalue weighted by atomic mass is 10.1. The van der Waals surface area contributed by atoms with Crippen LogP contribution < -0.4 is 9.47 Å². The summed E-state index contributed by atoms with van der Waals surface area (Å²) in [5, 5.41) is 8.79. The average molecular weight is 222 g/mol. The van der Waals surface area contributed by atoms with Gasteiger partial charge in [-0.3, -0.25) is 0 Å². The molecule has 0 fully saturated rings. The summed E-state index contributed by atoms with van der Waals surface area (Å²) in [6, 6.07) is 5.31. The molecule has 0 aromatic heterocycles. The SMILES string of the molecule is COc1cccc(/C=C(\C)C(=O)O)c1OC. The van der Waals surface area contributed by atoms with Gasteiger partial charge in [0.05, 0.1) is 14.2 Å². The minimum atomic E-state index is -0.954. The van der Waals surface area contributed by atoms with Gasteiger partial charge in [0, 0.05) is 11.1 Å². The molecule has 1 rings (SSSR count). The molecule has 1 N–H and O–H groups in total. The van der Waals surface area contributed by atoms with Gasteiger partial charge in [0.25, 0.3) is 0 Å². The Hall–Kier alpha value is -1.97. The summed E-state index contributed by atoms with van der Waals surface area (Å²) in [6.45, 7) is 1.53. The van der Waals surface area contributed by atoms with E-state index in [9.17, 15) is 4.79 Å². The van der Waals surface area contributed by atoms with Gasteiger partial charge in [-0.1, -0.05) is 12.1 Å². The zero-order chi connectivity index (χ0) is 12.1. The van der Waals surface area contributed by atoms with E-state index in [1.54, 1.807) is 24.3 Å². The Morgan fingerprint density at radius 3 is 2.50 bits per heavy atom. The van der Waals surface area contributed by atoms with Crippen LogP contribution >= 0.6 is 0 Å². The molecule has 1 aromatic carbocycles. The predicted octanol–water partition coefficient (Wildman–Crippen LogP) is 2.19. The van der Waals surface area contributed by atoms with Crippen LogP contribution in [0.3, 0.4) is 0 Å². The van der Waals surface area contributed by atoms with E-state index in [-0.39, 0.29) is 5.57 Å². The first-order valence-electron chi connectivity index (χ1n) is 4.72. The Labute approximate surface area is 94.1 Å². The van der Waals surface area contributed by atoms with Crippen LogP contribution in [0.4, 0.5) is 0 Å². The third-order valence-electron chi connectivity index (χ3n) is 2.14. The molecule has 0 saturated heterocycles. The monoisotopic (exact) mass is 222 g/mol. The zero-order valence-corrected chi connectivity index (χ0v) is 9.48. The van der Waals surface area contributed by atoms with Crippen LogP contribution in [0.1, 0.15) is 12.5 Å². The summed E-state index contributed by atoms with van der Waals surface area (Å²) in [5.74, 6) is 0.157. The fourth-order valence-electron chi connectivity index (χ4n) is 1.32. The van der Waals surface area contributed by atoms with Crippen molar-refractivity contribution in [3.05, 3.63) is 29.3 Å². The molecule has 0 spiro atoms. The third kappa shape index (κ3) is 2.53. The van der Waals surface area contributed by atoms with E-state index in [0.717, 1.165) is 0 Å². The first-order chi connectivity index (χ1) is 7.60. The van der Waals surface area contributed by atoms with Gasteiger partial charge in [0.1, 0.15) is 0 Å². The van der Waals surface area contributed by atoms with Crippen molar-refractivity contribution in [1.29, 1.82) is 0 Å². The number of ether oxygens (including phenoxy) is 2. The maximum atomic E-state index is 10.7. The van der Waals surface area contributed by atoms with Gasteiger partial charge in [-0.05, 0) is 19.1 Å². The Bertz CT molecular complexity index is 421. The Morgan fingerprint density at radius 2 is 2.00 bits per heavy atom. The lowest BCUT2D eigenvalue weighted by Crippen LogP contribution is -1.97. The number of carboxylic acids is 1. The van der Waals surface area contributed by atoms with Crippen molar-refractivity contribution in [1.82, 2.24) is 0 Å². The second-order valence-electron chi connectivity index (χ2n) is 3.22. The topological polar surface area (TPSA) is 55.8 Å². The number of carbonyl (C=O) groups is 1. The fraction of sp³-hybridized carbons (Fsp3) is 0.250. The molecule has 1 aromatic rings. The summed E-state index contributed by atoms with van der Waals surface area (Å²) in [4.78, 5) is 10.7. The van der Waals surface area contributed by atoms with Crippen LogP contribution in [-0.4, -0.2) is 25.3 Å². The molecule has 0 aliphatic heterocycles. The van der Waals surface area contributed by atoms with Gasteiger partial charge >= 0.3 is 5.97 Å². The van der Waals surface area contributed by atoms with Gasteiger partial charge in [0.15, 0.2) is 11.5 Å². The van der Waals surface area contributed by atoms with E-state index >= 15 is 0 Å². The number of methoxy groups -OCH3 is 2. The molecule has 4 nitrogen and oxygen atoms in total. The molecule has 0 atom stereocenters. The maximum absolute atomic E-state index is 10.7. The Morgan fingerprint density at radius 1 is 1.31 bits per heavy atom. The van der Waals surface area contributed by atoms with Crippen LogP contribution in [-0.2, 0) is 4.79 Å². The van der Waals surface area contributed by atoms with E-state index in [2.05, 4.69) is 0 Å². The Kier molecular flexibility index (Phi) is 3.94. The standard InChI is InChI=1S/C12H14O4/c1-8(12(13)14)7-9-5-4-6-10(15-2)11(9)16-3/h4-7H,1-3H3,(H,13,14)/b8-7+. The van der Waals surface area contributed by atoms with Crippen molar-refractivity contribution < 1.29 is 19.4 Å². The highest BCUT2D eigenvalue weighted by atomic mass is 16.5. The van der Waals surface area contributed by atoms with Gasteiger partial charge in [-0.25, -0.2) is 4.79 Å². The second-order valence-corrected chi connectivity index (χ2v) is 3.22. The number of hydrogen-bond acceptors (Lipinski definition) is 3.